The third-order valence-corrected chi connectivity index (χ3v) is 5.38. The zero-order valence-corrected chi connectivity index (χ0v) is 19.1. The molecule has 0 aromatic heterocycles. The van der Waals surface area contributed by atoms with Gasteiger partial charge < -0.3 is 5.73 Å². The van der Waals surface area contributed by atoms with Gasteiger partial charge in [0, 0.05) is 6.04 Å². The van der Waals surface area contributed by atoms with Gasteiger partial charge in [0.05, 0.1) is 0 Å². The van der Waals surface area contributed by atoms with E-state index in [1.807, 2.05) is 0 Å². The van der Waals surface area contributed by atoms with Crippen LogP contribution in [0.3, 0.4) is 0 Å². The Labute approximate surface area is 172 Å². The molecular formula is C26H51N. The van der Waals surface area contributed by atoms with Crippen molar-refractivity contribution in [1.29, 1.82) is 0 Å². The molecule has 0 rings (SSSR count). The molecule has 1 nitrogen and oxygen atoms in total. The predicted octanol–water partition coefficient (Wildman–Crippen LogP) is 8.73. The van der Waals surface area contributed by atoms with E-state index in [4.69, 9.17) is 5.73 Å². The van der Waals surface area contributed by atoms with E-state index in [9.17, 15) is 0 Å². The number of allylic oxidation sites excluding steroid dienone is 4. The van der Waals surface area contributed by atoms with Crippen molar-refractivity contribution in [3.63, 3.8) is 0 Å². The van der Waals surface area contributed by atoms with E-state index in [1.54, 1.807) is 0 Å². The van der Waals surface area contributed by atoms with Crippen molar-refractivity contribution in [3.05, 3.63) is 24.3 Å². The largest absolute Gasteiger partial charge is 0.328 e. The maximum atomic E-state index is 6.26. The van der Waals surface area contributed by atoms with Crippen molar-refractivity contribution in [3.8, 4) is 0 Å². The van der Waals surface area contributed by atoms with Gasteiger partial charge in [-0.3, -0.25) is 0 Å². The van der Waals surface area contributed by atoms with E-state index in [2.05, 4.69) is 45.1 Å². The Balaban J connectivity index is 3.26. The second kappa shape index (κ2) is 21.7. The average molecular weight is 378 g/mol. The summed E-state index contributed by atoms with van der Waals surface area (Å²) in [6.07, 6.45) is 31.7. The van der Waals surface area contributed by atoms with Gasteiger partial charge in [0.15, 0.2) is 0 Å². The van der Waals surface area contributed by atoms with Gasteiger partial charge in [-0.25, -0.2) is 0 Å². The summed E-state index contributed by atoms with van der Waals surface area (Å²) in [5.74, 6) is 0.853. The Kier molecular flexibility index (Phi) is 21.3. The van der Waals surface area contributed by atoms with Crippen LogP contribution in [0.15, 0.2) is 24.3 Å². The average Bonchev–Trinajstić information content (AvgIpc) is 2.64. The summed E-state index contributed by atoms with van der Waals surface area (Å²) in [6, 6.07) is 0.446. The monoisotopic (exact) mass is 377 g/mol. The molecule has 0 amide bonds. The summed E-state index contributed by atoms with van der Waals surface area (Å²) in [5, 5.41) is 0. The molecule has 2 N–H and O–H groups in total. The lowest BCUT2D eigenvalue weighted by Crippen LogP contribution is -2.19. The van der Waals surface area contributed by atoms with Crippen LogP contribution in [0.4, 0.5) is 0 Å². The minimum absolute atomic E-state index is 0.446. The molecule has 1 unspecified atom stereocenters. The molecule has 1 heteroatoms. The molecule has 0 aliphatic carbocycles. The van der Waals surface area contributed by atoms with Crippen LogP contribution in [0.5, 0.6) is 0 Å². The first-order chi connectivity index (χ1) is 13.2. The van der Waals surface area contributed by atoms with E-state index in [0.29, 0.717) is 6.04 Å². The van der Waals surface area contributed by atoms with Gasteiger partial charge in [0.1, 0.15) is 0 Å². The van der Waals surface area contributed by atoms with E-state index < -0.39 is 0 Å². The molecule has 27 heavy (non-hydrogen) atoms. The Morgan fingerprint density at radius 1 is 0.593 bits per heavy atom. The highest BCUT2D eigenvalue weighted by Crippen LogP contribution is 2.14. The maximum Gasteiger partial charge on any atom is 0.00388 e. The molecule has 0 heterocycles. The van der Waals surface area contributed by atoms with Crippen LogP contribution in [0.2, 0.25) is 0 Å². The molecule has 0 radical (unpaired) electrons. The Morgan fingerprint density at radius 2 is 1.07 bits per heavy atom. The second-order valence-corrected chi connectivity index (χ2v) is 8.81. The lowest BCUT2D eigenvalue weighted by molar-refractivity contribution is 0.471. The number of nitrogens with two attached hydrogens (primary N) is 1. The highest BCUT2D eigenvalue weighted by atomic mass is 14.6. The van der Waals surface area contributed by atoms with Crippen LogP contribution in [0.25, 0.3) is 0 Å². The zero-order chi connectivity index (χ0) is 20.0. The first kappa shape index (κ1) is 26.4. The molecule has 0 saturated heterocycles. The van der Waals surface area contributed by atoms with Crippen LogP contribution in [-0.4, -0.2) is 6.04 Å². The minimum Gasteiger partial charge on any atom is -0.328 e. The third kappa shape index (κ3) is 23.4. The standard InChI is InChI=1S/C26H51N/c1-4-5-6-7-8-9-10-11-12-13-14-15-16-17-20-23-26(27)24-21-18-19-22-25(2)3/h8-9,11-12,25-26H,4-7,10,13-24,27H2,1-3H3/b9-8+,12-11+. The molecule has 0 aromatic carbocycles. The molecule has 0 saturated carbocycles. The molecule has 160 valence electrons. The van der Waals surface area contributed by atoms with Crippen molar-refractivity contribution in [1.82, 2.24) is 0 Å². The highest BCUT2D eigenvalue weighted by Gasteiger charge is 2.02. The van der Waals surface area contributed by atoms with Gasteiger partial charge in [-0.15, -0.1) is 0 Å². The molecule has 0 spiro atoms. The van der Waals surface area contributed by atoms with Crippen LogP contribution in [-0.2, 0) is 0 Å². The molecular weight excluding hydrogens is 326 g/mol. The van der Waals surface area contributed by atoms with Crippen molar-refractivity contribution < 1.29 is 0 Å². The maximum absolute atomic E-state index is 6.26. The van der Waals surface area contributed by atoms with E-state index >= 15 is 0 Å². The van der Waals surface area contributed by atoms with E-state index in [1.165, 1.54) is 103 Å². The summed E-state index contributed by atoms with van der Waals surface area (Å²) < 4.78 is 0. The van der Waals surface area contributed by atoms with Crippen molar-refractivity contribution in [2.45, 2.75) is 136 Å². The van der Waals surface area contributed by atoms with Crippen molar-refractivity contribution in [2.24, 2.45) is 11.7 Å². The van der Waals surface area contributed by atoms with Crippen LogP contribution < -0.4 is 5.73 Å². The van der Waals surface area contributed by atoms with Crippen LogP contribution in [0.1, 0.15) is 130 Å². The number of hydrogen-bond donors (Lipinski definition) is 1. The number of hydrogen-bond acceptors (Lipinski definition) is 1. The summed E-state index contributed by atoms with van der Waals surface area (Å²) in [4.78, 5) is 0. The molecule has 0 bridgehead atoms. The van der Waals surface area contributed by atoms with Gasteiger partial charge >= 0.3 is 0 Å². The summed E-state index contributed by atoms with van der Waals surface area (Å²) in [5.41, 5.74) is 6.26. The SMILES string of the molecule is CCCCC/C=C/C/C=C/CCCCCCCC(N)CCCCCC(C)C. The van der Waals surface area contributed by atoms with Gasteiger partial charge in [0.25, 0.3) is 0 Å². The molecule has 0 aliphatic heterocycles. The van der Waals surface area contributed by atoms with Gasteiger partial charge in [-0.05, 0) is 50.9 Å². The normalized spacial score (nSPS) is 13.4. The highest BCUT2D eigenvalue weighted by molar-refractivity contribution is 4.92. The second-order valence-electron chi connectivity index (χ2n) is 8.81. The topological polar surface area (TPSA) is 26.0 Å². The van der Waals surface area contributed by atoms with E-state index in [-0.39, 0.29) is 0 Å². The summed E-state index contributed by atoms with van der Waals surface area (Å²) in [7, 11) is 0. The Hall–Kier alpha value is -0.560. The van der Waals surface area contributed by atoms with Gasteiger partial charge in [-0.1, -0.05) is 109 Å². The molecule has 0 aliphatic rings. The smallest absolute Gasteiger partial charge is 0.00388 e. The summed E-state index contributed by atoms with van der Waals surface area (Å²) >= 11 is 0. The zero-order valence-electron chi connectivity index (χ0n) is 19.1. The third-order valence-electron chi connectivity index (χ3n) is 5.38. The first-order valence-electron chi connectivity index (χ1n) is 12.2. The van der Waals surface area contributed by atoms with Gasteiger partial charge in [0.2, 0.25) is 0 Å². The minimum atomic E-state index is 0.446. The first-order valence-corrected chi connectivity index (χ1v) is 12.2. The lowest BCUT2D eigenvalue weighted by atomic mass is 9.99. The van der Waals surface area contributed by atoms with E-state index in [0.717, 1.165) is 12.3 Å². The van der Waals surface area contributed by atoms with Crippen LogP contribution >= 0.6 is 0 Å². The number of unbranched alkanes of at least 4 members (excludes halogenated alkanes) is 10. The quantitative estimate of drug-likeness (QED) is 0.166. The van der Waals surface area contributed by atoms with Crippen molar-refractivity contribution >= 4 is 0 Å². The Morgan fingerprint density at radius 3 is 1.67 bits per heavy atom. The number of rotatable bonds is 20. The molecule has 1 atom stereocenters. The van der Waals surface area contributed by atoms with Crippen molar-refractivity contribution in [2.75, 3.05) is 0 Å². The van der Waals surface area contributed by atoms with Gasteiger partial charge in [-0.2, -0.15) is 0 Å². The molecule has 0 fully saturated rings. The van der Waals surface area contributed by atoms with Crippen LogP contribution in [0, 0.1) is 5.92 Å². The fourth-order valence-corrected chi connectivity index (χ4v) is 3.50. The fourth-order valence-electron chi connectivity index (χ4n) is 3.50. The predicted molar refractivity (Wildman–Crippen MR) is 125 cm³/mol. The Bertz CT molecular complexity index is 329. The summed E-state index contributed by atoms with van der Waals surface area (Å²) in [6.45, 7) is 6.89. The fraction of sp³-hybridized carbons (Fsp3) is 0.846. The lowest BCUT2D eigenvalue weighted by Gasteiger charge is -2.11. The molecule has 0 aromatic rings.